The fourth-order valence-electron chi connectivity index (χ4n) is 2.53. The Morgan fingerprint density at radius 2 is 1.30 bits per heavy atom. The monoisotopic (exact) mass is 268 g/mol. The number of rotatable bonds is 4. The van der Waals surface area contributed by atoms with Crippen LogP contribution in [0.15, 0.2) is 48.5 Å². The second-order valence-electron chi connectivity index (χ2n) is 6.46. The Morgan fingerprint density at radius 1 is 0.850 bits per heavy atom. The summed E-state index contributed by atoms with van der Waals surface area (Å²) in [5.74, 6) is 0. The van der Waals surface area contributed by atoms with E-state index in [1.165, 1.54) is 16.7 Å². The van der Waals surface area contributed by atoms with Gasteiger partial charge < -0.3 is 5.11 Å². The first-order valence-electron chi connectivity index (χ1n) is 7.19. The molecule has 0 saturated carbocycles. The Labute approximate surface area is 122 Å². The van der Waals surface area contributed by atoms with Crippen molar-refractivity contribution in [2.45, 2.75) is 40.2 Å². The fourth-order valence-corrected chi connectivity index (χ4v) is 2.53. The number of hydrogen-bond acceptors (Lipinski definition) is 1. The number of aliphatic hydroxyl groups excluding tert-OH is 1. The topological polar surface area (TPSA) is 20.2 Å². The zero-order valence-corrected chi connectivity index (χ0v) is 12.9. The maximum atomic E-state index is 10.7. The highest BCUT2D eigenvalue weighted by Gasteiger charge is 2.29. The summed E-state index contributed by atoms with van der Waals surface area (Å²) in [6.45, 7) is 8.40. The molecule has 0 amide bonds. The van der Waals surface area contributed by atoms with Crippen molar-refractivity contribution in [1.82, 2.24) is 0 Å². The zero-order valence-electron chi connectivity index (χ0n) is 12.9. The first-order valence-corrected chi connectivity index (χ1v) is 7.19. The van der Waals surface area contributed by atoms with Crippen molar-refractivity contribution in [3.8, 4) is 0 Å². The van der Waals surface area contributed by atoms with Crippen LogP contribution in [0.5, 0.6) is 0 Å². The van der Waals surface area contributed by atoms with Gasteiger partial charge in [0, 0.05) is 0 Å². The highest BCUT2D eigenvalue weighted by Crippen LogP contribution is 2.36. The van der Waals surface area contributed by atoms with E-state index in [0.29, 0.717) is 0 Å². The molecule has 2 aromatic rings. The van der Waals surface area contributed by atoms with Gasteiger partial charge in [0.15, 0.2) is 0 Å². The molecule has 1 heteroatoms. The zero-order chi connectivity index (χ0) is 14.8. The van der Waals surface area contributed by atoms with E-state index in [9.17, 15) is 5.11 Å². The van der Waals surface area contributed by atoms with E-state index in [-0.39, 0.29) is 5.41 Å². The van der Waals surface area contributed by atoms with E-state index in [1.807, 2.05) is 12.1 Å². The molecule has 1 atom stereocenters. The molecule has 0 aliphatic carbocycles. The Kier molecular flexibility index (Phi) is 4.29. The van der Waals surface area contributed by atoms with Gasteiger partial charge in [-0.1, -0.05) is 73.5 Å². The molecule has 0 saturated heterocycles. The lowest BCUT2D eigenvalue weighted by atomic mass is 9.77. The third-order valence-electron chi connectivity index (χ3n) is 3.91. The molecule has 0 radical (unpaired) electrons. The van der Waals surface area contributed by atoms with Gasteiger partial charge in [0.05, 0.1) is 6.10 Å². The summed E-state index contributed by atoms with van der Waals surface area (Å²) in [5, 5.41) is 10.7. The maximum absolute atomic E-state index is 10.7. The molecular weight excluding hydrogens is 244 g/mol. The summed E-state index contributed by atoms with van der Waals surface area (Å²) in [4.78, 5) is 0. The first kappa shape index (κ1) is 14.8. The number of hydrogen-bond donors (Lipinski definition) is 1. The highest BCUT2D eigenvalue weighted by molar-refractivity contribution is 5.26. The first-order chi connectivity index (χ1) is 9.38. The third kappa shape index (κ3) is 3.49. The average molecular weight is 268 g/mol. The average Bonchev–Trinajstić information content (AvgIpc) is 2.41. The van der Waals surface area contributed by atoms with Gasteiger partial charge in [-0.25, -0.2) is 0 Å². The Hall–Kier alpha value is -1.60. The van der Waals surface area contributed by atoms with Crippen molar-refractivity contribution >= 4 is 0 Å². The lowest BCUT2D eigenvalue weighted by Crippen LogP contribution is -2.24. The van der Waals surface area contributed by atoms with Gasteiger partial charge in [0.1, 0.15) is 0 Å². The quantitative estimate of drug-likeness (QED) is 0.858. The minimum absolute atomic E-state index is 0.190. The lowest BCUT2D eigenvalue weighted by Gasteiger charge is -2.31. The third-order valence-corrected chi connectivity index (χ3v) is 3.91. The molecule has 2 aromatic carbocycles. The molecule has 1 unspecified atom stereocenters. The van der Waals surface area contributed by atoms with Gasteiger partial charge >= 0.3 is 0 Å². The molecule has 20 heavy (non-hydrogen) atoms. The molecule has 0 heterocycles. The van der Waals surface area contributed by atoms with Gasteiger partial charge in [-0.05, 0) is 36.8 Å². The summed E-state index contributed by atoms with van der Waals surface area (Å²) >= 11 is 0. The summed E-state index contributed by atoms with van der Waals surface area (Å²) in [6.07, 6.45) is 0.409. The van der Waals surface area contributed by atoms with Crippen molar-refractivity contribution in [2.24, 2.45) is 5.41 Å². The van der Waals surface area contributed by atoms with E-state index >= 15 is 0 Å². The molecule has 0 fully saturated rings. The Bertz CT molecular complexity index is 549. The largest absolute Gasteiger partial charge is 0.388 e. The van der Waals surface area contributed by atoms with Crippen molar-refractivity contribution in [2.75, 3.05) is 0 Å². The SMILES string of the molecule is Cc1ccc(CC(C)(C)C(O)c2ccc(C)cc2)cc1. The standard InChI is InChI=1S/C19H24O/c1-14-5-9-16(10-6-14)13-19(3,4)18(20)17-11-7-15(2)8-12-17/h5-12,18,20H,13H2,1-4H3. The molecule has 0 aromatic heterocycles. The van der Waals surface area contributed by atoms with Crippen LogP contribution >= 0.6 is 0 Å². The van der Waals surface area contributed by atoms with Crippen LogP contribution in [0, 0.1) is 19.3 Å². The normalized spacial score (nSPS) is 13.2. The predicted octanol–water partition coefficient (Wildman–Crippen LogP) is 4.61. The van der Waals surface area contributed by atoms with Crippen LogP contribution in [-0.2, 0) is 6.42 Å². The maximum Gasteiger partial charge on any atom is 0.0844 e. The minimum atomic E-state index is -0.454. The Balaban J connectivity index is 2.16. The highest BCUT2D eigenvalue weighted by atomic mass is 16.3. The van der Waals surface area contributed by atoms with E-state index in [1.54, 1.807) is 0 Å². The predicted molar refractivity (Wildman–Crippen MR) is 84.8 cm³/mol. The van der Waals surface area contributed by atoms with E-state index < -0.39 is 6.10 Å². The molecule has 1 nitrogen and oxygen atoms in total. The molecule has 0 spiro atoms. The molecular formula is C19H24O. The molecule has 106 valence electrons. The lowest BCUT2D eigenvalue weighted by molar-refractivity contribution is 0.0494. The molecule has 0 bridgehead atoms. The van der Waals surface area contributed by atoms with E-state index in [0.717, 1.165) is 12.0 Å². The molecule has 2 rings (SSSR count). The number of benzene rings is 2. The van der Waals surface area contributed by atoms with Crippen molar-refractivity contribution < 1.29 is 5.11 Å². The summed E-state index contributed by atoms with van der Waals surface area (Å²) in [6, 6.07) is 16.7. The second-order valence-corrected chi connectivity index (χ2v) is 6.46. The minimum Gasteiger partial charge on any atom is -0.388 e. The second kappa shape index (κ2) is 5.80. The van der Waals surface area contributed by atoms with Crippen LogP contribution in [-0.4, -0.2) is 5.11 Å². The van der Waals surface area contributed by atoms with Crippen molar-refractivity contribution in [3.05, 3.63) is 70.8 Å². The Morgan fingerprint density at radius 3 is 1.80 bits per heavy atom. The van der Waals surface area contributed by atoms with Crippen molar-refractivity contribution in [1.29, 1.82) is 0 Å². The molecule has 1 N–H and O–H groups in total. The van der Waals surface area contributed by atoms with Gasteiger partial charge in [0.25, 0.3) is 0 Å². The van der Waals surface area contributed by atoms with E-state index in [2.05, 4.69) is 64.1 Å². The molecule has 0 aliphatic rings. The van der Waals surface area contributed by atoms with Gasteiger partial charge in [-0.2, -0.15) is 0 Å². The van der Waals surface area contributed by atoms with Gasteiger partial charge in [-0.3, -0.25) is 0 Å². The van der Waals surface area contributed by atoms with Crippen LogP contribution in [0.25, 0.3) is 0 Å². The van der Waals surface area contributed by atoms with Crippen LogP contribution in [0.4, 0.5) is 0 Å². The van der Waals surface area contributed by atoms with Crippen LogP contribution in [0.2, 0.25) is 0 Å². The van der Waals surface area contributed by atoms with Gasteiger partial charge in [-0.15, -0.1) is 0 Å². The van der Waals surface area contributed by atoms with Crippen molar-refractivity contribution in [3.63, 3.8) is 0 Å². The fraction of sp³-hybridized carbons (Fsp3) is 0.368. The van der Waals surface area contributed by atoms with E-state index in [4.69, 9.17) is 0 Å². The summed E-state index contributed by atoms with van der Waals surface area (Å²) in [5.41, 5.74) is 4.56. The number of aliphatic hydroxyl groups is 1. The van der Waals surface area contributed by atoms with Crippen LogP contribution in [0.1, 0.15) is 42.2 Å². The number of aryl methyl sites for hydroxylation is 2. The van der Waals surface area contributed by atoms with Crippen LogP contribution < -0.4 is 0 Å². The smallest absolute Gasteiger partial charge is 0.0844 e. The van der Waals surface area contributed by atoms with Crippen LogP contribution in [0.3, 0.4) is 0 Å². The summed E-state index contributed by atoms with van der Waals surface area (Å²) < 4.78 is 0. The summed E-state index contributed by atoms with van der Waals surface area (Å²) in [7, 11) is 0. The molecule has 0 aliphatic heterocycles. The van der Waals surface area contributed by atoms with Gasteiger partial charge in [0.2, 0.25) is 0 Å².